The fraction of sp³-hybridized carbons (Fsp3) is 1.00. The summed E-state index contributed by atoms with van der Waals surface area (Å²) in [6, 6.07) is 3.40. The minimum absolute atomic E-state index is 0.291. The third kappa shape index (κ3) is 7.48. The van der Waals surface area contributed by atoms with Gasteiger partial charge >= 0.3 is 195 Å². The monoisotopic (exact) mass is 518 g/mol. The van der Waals surface area contributed by atoms with Crippen molar-refractivity contribution in [3.05, 3.63) is 0 Å². The quantitative estimate of drug-likeness (QED) is 0.260. The van der Waals surface area contributed by atoms with E-state index in [0.717, 1.165) is 56.7 Å². The van der Waals surface area contributed by atoms with Crippen LogP contribution in [0.4, 0.5) is 0 Å². The second-order valence-corrected chi connectivity index (χ2v) is 20.4. The van der Waals surface area contributed by atoms with Gasteiger partial charge in [-0.25, -0.2) is 0 Å². The van der Waals surface area contributed by atoms with E-state index in [1.807, 2.05) is 0 Å². The van der Waals surface area contributed by atoms with Crippen LogP contribution < -0.4 is 0 Å². The molecule has 0 aromatic rings. The van der Waals surface area contributed by atoms with Gasteiger partial charge in [-0.05, 0) is 0 Å². The Morgan fingerprint density at radius 1 is 0.533 bits per heavy atom. The molecule has 3 rings (SSSR count). The summed E-state index contributed by atoms with van der Waals surface area (Å²) < 4.78 is 28.3. The first-order chi connectivity index (χ1) is 14.6. The van der Waals surface area contributed by atoms with Gasteiger partial charge < -0.3 is 0 Å². The molecule has 0 atom stereocenters. The van der Waals surface area contributed by atoms with Crippen LogP contribution in [-0.2, 0) is 33.0 Å². The molecule has 4 nitrogen and oxygen atoms in total. The normalized spacial score (nSPS) is 23.7. The summed E-state index contributed by atoms with van der Waals surface area (Å²) in [5.41, 5.74) is 0. The Labute approximate surface area is 194 Å². The zero-order valence-electron chi connectivity index (χ0n) is 20.1. The van der Waals surface area contributed by atoms with E-state index in [1.54, 1.807) is 0 Å². The van der Waals surface area contributed by atoms with Crippen molar-refractivity contribution in [1.29, 1.82) is 0 Å². The SMILES string of the molecule is CC[Si](CC)(CC)[O][Zr]([O]C1CCCCC1)([O]C1CCCCC1)[O]C1CCCCC1. The van der Waals surface area contributed by atoms with Gasteiger partial charge in [-0.1, -0.05) is 0 Å². The van der Waals surface area contributed by atoms with Gasteiger partial charge in [0.1, 0.15) is 0 Å². The number of rotatable bonds is 11. The van der Waals surface area contributed by atoms with Gasteiger partial charge in [-0.2, -0.15) is 0 Å². The Hall–Kier alpha value is 0.940. The van der Waals surface area contributed by atoms with Crippen LogP contribution in [-0.4, -0.2) is 26.6 Å². The fourth-order valence-electron chi connectivity index (χ4n) is 5.55. The predicted molar refractivity (Wildman–Crippen MR) is 122 cm³/mol. The average Bonchev–Trinajstić information content (AvgIpc) is 2.80. The Bertz CT molecular complexity index is 411. The maximum atomic E-state index is 7.26. The first-order valence-corrected chi connectivity index (χ1v) is 19.9. The van der Waals surface area contributed by atoms with Crippen LogP contribution in [0.5, 0.6) is 0 Å². The zero-order valence-corrected chi connectivity index (χ0v) is 23.6. The van der Waals surface area contributed by atoms with Crippen molar-refractivity contribution in [3.8, 4) is 0 Å². The first kappa shape index (κ1) is 25.6. The average molecular weight is 520 g/mol. The van der Waals surface area contributed by atoms with Crippen LogP contribution in [0, 0.1) is 0 Å². The molecule has 0 heterocycles. The van der Waals surface area contributed by atoms with Crippen molar-refractivity contribution in [3.63, 3.8) is 0 Å². The molecule has 0 aromatic carbocycles. The zero-order chi connectivity index (χ0) is 21.3. The van der Waals surface area contributed by atoms with Crippen molar-refractivity contribution in [2.45, 2.75) is 154 Å². The standard InChI is InChI=1S/C6H15OSi.3C6H11O.Zr/c1-4-8(7,5-2)6-3;3*7-6-4-2-1-3-5-6;/h4-6H2,1-3H3;3*6H,1-5H2;/q4*-1;+4. The van der Waals surface area contributed by atoms with Gasteiger partial charge in [0.25, 0.3) is 0 Å². The van der Waals surface area contributed by atoms with Crippen LogP contribution in [0.2, 0.25) is 18.1 Å². The van der Waals surface area contributed by atoms with Crippen LogP contribution in [0.25, 0.3) is 0 Å². The third-order valence-corrected chi connectivity index (χ3v) is 22.0. The van der Waals surface area contributed by atoms with E-state index in [0.29, 0.717) is 18.3 Å². The van der Waals surface area contributed by atoms with Crippen molar-refractivity contribution >= 4 is 8.32 Å². The van der Waals surface area contributed by atoms with Gasteiger partial charge in [0.05, 0.1) is 0 Å². The van der Waals surface area contributed by atoms with Gasteiger partial charge in [0, 0.05) is 0 Å². The molecule has 30 heavy (non-hydrogen) atoms. The van der Waals surface area contributed by atoms with E-state index in [9.17, 15) is 0 Å². The molecule has 0 N–H and O–H groups in total. The van der Waals surface area contributed by atoms with Crippen molar-refractivity contribution in [2.75, 3.05) is 0 Å². The first-order valence-electron chi connectivity index (χ1n) is 13.4. The van der Waals surface area contributed by atoms with Crippen LogP contribution in [0.3, 0.4) is 0 Å². The van der Waals surface area contributed by atoms with Crippen molar-refractivity contribution in [1.82, 2.24) is 0 Å². The van der Waals surface area contributed by atoms with E-state index in [4.69, 9.17) is 10.9 Å². The summed E-state index contributed by atoms with van der Waals surface area (Å²) in [5.74, 6) is 0. The van der Waals surface area contributed by atoms with Gasteiger partial charge in [0.2, 0.25) is 0 Å². The van der Waals surface area contributed by atoms with E-state index < -0.39 is 30.3 Å². The van der Waals surface area contributed by atoms with Crippen LogP contribution >= 0.6 is 0 Å². The van der Waals surface area contributed by atoms with Gasteiger partial charge in [-0.15, -0.1) is 0 Å². The van der Waals surface area contributed by atoms with Gasteiger partial charge in [0.15, 0.2) is 0 Å². The second-order valence-electron chi connectivity index (χ2n) is 9.98. The Balaban J connectivity index is 1.86. The molecule has 3 aliphatic carbocycles. The second kappa shape index (κ2) is 13.0. The van der Waals surface area contributed by atoms with E-state index >= 15 is 0 Å². The molecule has 176 valence electrons. The third-order valence-electron chi connectivity index (χ3n) is 7.86. The van der Waals surface area contributed by atoms with Gasteiger partial charge in [-0.3, -0.25) is 0 Å². The topological polar surface area (TPSA) is 36.9 Å². The van der Waals surface area contributed by atoms with E-state index in [2.05, 4.69) is 20.8 Å². The Morgan fingerprint density at radius 3 is 1.10 bits per heavy atom. The fourth-order valence-corrected chi connectivity index (χ4v) is 21.5. The molecule has 0 amide bonds. The summed E-state index contributed by atoms with van der Waals surface area (Å²) in [5, 5.41) is 0. The molecule has 3 aliphatic rings. The van der Waals surface area contributed by atoms with E-state index in [-0.39, 0.29) is 0 Å². The van der Waals surface area contributed by atoms with Crippen molar-refractivity contribution in [2.24, 2.45) is 0 Å². The summed E-state index contributed by atoms with van der Waals surface area (Å²) in [4.78, 5) is 0. The summed E-state index contributed by atoms with van der Waals surface area (Å²) in [6.07, 6.45) is 19.5. The molecular formula is C24H48O4SiZr. The molecule has 0 aliphatic heterocycles. The molecule has 3 saturated carbocycles. The summed E-state index contributed by atoms with van der Waals surface area (Å²) in [7, 11) is -1.89. The van der Waals surface area contributed by atoms with Crippen LogP contribution in [0.15, 0.2) is 0 Å². The molecule has 0 radical (unpaired) electrons. The minimum atomic E-state index is -4.18. The van der Waals surface area contributed by atoms with E-state index in [1.165, 1.54) is 57.8 Å². The predicted octanol–water partition coefficient (Wildman–Crippen LogP) is 7.87. The van der Waals surface area contributed by atoms with Crippen molar-refractivity contribution < 1.29 is 33.0 Å². The molecule has 0 bridgehead atoms. The summed E-state index contributed by atoms with van der Waals surface area (Å²) in [6.45, 7) is 6.95. The molecule has 3 fully saturated rings. The Kier molecular flexibility index (Phi) is 11.1. The molecule has 0 unspecified atom stereocenters. The number of hydrogen-bond donors (Lipinski definition) is 0. The Morgan fingerprint density at radius 2 is 0.833 bits per heavy atom. The summed E-state index contributed by atoms with van der Waals surface area (Å²) >= 11 is -4.18. The maximum absolute atomic E-state index is 7.26. The van der Waals surface area contributed by atoms with Crippen LogP contribution in [0.1, 0.15) is 117 Å². The molecule has 0 saturated heterocycles. The molecular weight excluding hydrogens is 472 g/mol. The number of hydrogen-bond acceptors (Lipinski definition) is 4. The molecule has 6 heteroatoms. The molecule has 0 spiro atoms. The molecule has 0 aromatic heterocycles.